The zero-order chi connectivity index (χ0) is 14.4. The monoisotopic (exact) mass is 262 g/mol. The Bertz CT molecular complexity index is 436. The molecule has 4 heteroatoms. The lowest BCUT2D eigenvalue weighted by Crippen LogP contribution is -2.32. The van der Waals surface area contributed by atoms with Crippen molar-refractivity contribution in [3.63, 3.8) is 0 Å². The van der Waals surface area contributed by atoms with E-state index in [0.717, 1.165) is 24.2 Å². The summed E-state index contributed by atoms with van der Waals surface area (Å²) in [4.78, 5) is 24.8. The van der Waals surface area contributed by atoms with E-state index in [2.05, 4.69) is 5.32 Å². The molecule has 0 aliphatic carbocycles. The molecule has 0 radical (unpaired) electrons. The van der Waals surface area contributed by atoms with Crippen LogP contribution in [-0.2, 0) is 9.59 Å². The number of amides is 2. The normalized spacial score (nSPS) is 10.4. The van der Waals surface area contributed by atoms with Crippen molar-refractivity contribution in [3.05, 3.63) is 24.3 Å². The molecule has 0 saturated heterocycles. The highest BCUT2D eigenvalue weighted by molar-refractivity contribution is 5.95. The molecular formula is C15H22N2O2. The molecule has 0 aliphatic rings. The maximum absolute atomic E-state index is 12.2. The van der Waals surface area contributed by atoms with Crippen molar-refractivity contribution in [1.29, 1.82) is 0 Å². The topological polar surface area (TPSA) is 49.4 Å². The summed E-state index contributed by atoms with van der Waals surface area (Å²) in [5.41, 5.74) is 1.57. The minimum absolute atomic E-state index is 0.0695. The fraction of sp³-hybridized carbons (Fsp3) is 0.467. The van der Waals surface area contributed by atoms with E-state index in [0.29, 0.717) is 0 Å². The van der Waals surface area contributed by atoms with E-state index in [1.54, 1.807) is 24.1 Å². The molecule has 0 fully saturated rings. The van der Waals surface area contributed by atoms with Crippen LogP contribution in [0.5, 0.6) is 0 Å². The summed E-state index contributed by atoms with van der Waals surface area (Å²) >= 11 is 0. The highest BCUT2D eigenvalue weighted by Crippen LogP contribution is 2.20. The number of carbonyl (C=O) groups is 2. The van der Waals surface area contributed by atoms with Crippen molar-refractivity contribution in [1.82, 2.24) is 0 Å². The average molecular weight is 262 g/mol. The quantitative estimate of drug-likeness (QED) is 0.886. The second kappa shape index (κ2) is 6.92. The SMILES string of the molecule is CCC(CC)C(=O)N(C)c1ccc(NC(C)=O)cc1. The van der Waals surface area contributed by atoms with Crippen molar-refractivity contribution >= 4 is 23.2 Å². The lowest BCUT2D eigenvalue weighted by atomic mass is 10.0. The van der Waals surface area contributed by atoms with Crippen LogP contribution in [-0.4, -0.2) is 18.9 Å². The Hall–Kier alpha value is -1.84. The Labute approximate surface area is 114 Å². The number of anilines is 2. The van der Waals surface area contributed by atoms with Gasteiger partial charge in [-0.1, -0.05) is 13.8 Å². The first kappa shape index (κ1) is 15.2. The fourth-order valence-corrected chi connectivity index (χ4v) is 2.01. The molecule has 1 rings (SSSR count). The molecule has 4 nitrogen and oxygen atoms in total. The standard InChI is InChI=1S/C15H22N2O2/c1-5-12(6-2)15(19)17(4)14-9-7-13(8-10-14)16-11(3)18/h7-10,12H,5-6H2,1-4H3,(H,16,18). The molecule has 0 aromatic heterocycles. The van der Waals surface area contributed by atoms with Crippen molar-refractivity contribution in [2.24, 2.45) is 5.92 Å². The Kier molecular flexibility index (Phi) is 5.55. The number of hydrogen-bond acceptors (Lipinski definition) is 2. The molecule has 0 saturated carbocycles. The molecule has 104 valence electrons. The smallest absolute Gasteiger partial charge is 0.229 e. The predicted octanol–water partition coefficient (Wildman–Crippen LogP) is 3.04. The fourth-order valence-electron chi connectivity index (χ4n) is 2.01. The van der Waals surface area contributed by atoms with Gasteiger partial charge in [0.25, 0.3) is 0 Å². The maximum Gasteiger partial charge on any atom is 0.229 e. The second-order valence-electron chi connectivity index (χ2n) is 4.64. The molecule has 1 aromatic rings. The number of hydrogen-bond donors (Lipinski definition) is 1. The van der Waals surface area contributed by atoms with Crippen molar-refractivity contribution in [2.75, 3.05) is 17.3 Å². The Morgan fingerprint density at radius 1 is 1.16 bits per heavy atom. The number of benzene rings is 1. The van der Waals surface area contributed by atoms with Crippen LogP contribution in [0.2, 0.25) is 0 Å². The minimum Gasteiger partial charge on any atom is -0.326 e. The third kappa shape index (κ3) is 4.09. The minimum atomic E-state index is -0.103. The molecule has 1 aromatic carbocycles. The Morgan fingerprint density at radius 3 is 2.11 bits per heavy atom. The lowest BCUT2D eigenvalue weighted by Gasteiger charge is -2.22. The number of nitrogens with zero attached hydrogens (tertiary/aromatic N) is 1. The Morgan fingerprint density at radius 2 is 1.68 bits per heavy atom. The average Bonchev–Trinajstić information content (AvgIpc) is 2.39. The van der Waals surface area contributed by atoms with E-state index >= 15 is 0 Å². The van der Waals surface area contributed by atoms with Crippen molar-refractivity contribution in [2.45, 2.75) is 33.6 Å². The highest BCUT2D eigenvalue weighted by atomic mass is 16.2. The van der Waals surface area contributed by atoms with Crippen LogP contribution in [0.15, 0.2) is 24.3 Å². The van der Waals surface area contributed by atoms with Gasteiger partial charge in [-0.15, -0.1) is 0 Å². The first-order chi connectivity index (χ1) is 8.99. The molecule has 0 aliphatic heterocycles. The van der Waals surface area contributed by atoms with Gasteiger partial charge in [-0.05, 0) is 37.1 Å². The van der Waals surface area contributed by atoms with Gasteiger partial charge in [0.05, 0.1) is 0 Å². The van der Waals surface area contributed by atoms with Crippen LogP contribution >= 0.6 is 0 Å². The summed E-state index contributed by atoms with van der Waals surface area (Å²) in [5, 5.41) is 2.70. The van der Waals surface area contributed by atoms with Crippen LogP contribution in [0, 0.1) is 5.92 Å². The molecule has 1 N–H and O–H groups in total. The van der Waals surface area contributed by atoms with E-state index in [9.17, 15) is 9.59 Å². The van der Waals surface area contributed by atoms with Gasteiger partial charge in [0, 0.05) is 31.3 Å². The van der Waals surface area contributed by atoms with Gasteiger partial charge in [0.15, 0.2) is 0 Å². The molecular weight excluding hydrogens is 240 g/mol. The molecule has 0 atom stereocenters. The van der Waals surface area contributed by atoms with Crippen LogP contribution in [0.4, 0.5) is 11.4 Å². The summed E-state index contributed by atoms with van der Waals surface area (Å²) in [5.74, 6) is 0.103. The first-order valence-corrected chi connectivity index (χ1v) is 6.64. The molecule has 19 heavy (non-hydrogen) atoms. The van der Waals surface area contributed by atoms with Crippen molar-refractivity contribution in [3.8, 4) is 0 Å². The van der Waals surface area contributed by atoms with Gasteiger partial charge >= 0.3 is 0 Å². The van der Waals surface area contributed by atoms with E-state index in [-0.39, 0.29) is 17.7 Å². The summed E-state index contributed by atoms with van der Waals surface area (Å²) in [6, 6.07) is 7.28. The maximum atomic E-state index is 12.2. The largest absolute Gasteiger partial charge is 0.326 e. The number of rotatable bonds is 5. The highest BCUT2D eigenvalue weighted by Gasteiger charge is 2.19. The Balaban J connectivity index is 2.80. The van der Waals surface area contributed by atoms with Crippen molar-refractivity contribution < 1.29 is 9.59 Å². The first-order valence-electron chi connectivity index (χ1n) is 6.64. The molecule has 0 spiro atoms. The summed E-state index contributed by atoms with van der Waals surface area (Å²) in [6.07, 6.45) is 1.70. The van der Waals surface area contributed by atoms with E-state index in [4.69, 9.17) is 0 Å². The van der Waals surface area contributed by atoms with E-state index in [1.165, 1.54) is 6.92 Å². The third-order valence-electron chi connectivity index (χ3n) is 3.24. The van der Waals surface area contributed by atoms with Gasteiger partial charge in [0.2, 0.25) is 11.8 Å². The lowest BCUT2D eigenvalue weighted by molar-refractivity contribution is -0.122. The molecule has 0 heterocycles. The third-order valence-corrected chi connectivity index (χ3v) is 3.24. The zero-order valence-electron chi connectivity index (χ0n) is 12.1. The predicted molar refractivity (Wildman–Crippen MR) is 78.2 cm³/mol. The number of nitrogens with one attached hydrogen (secondary N) is 1. The summed E-state index contributed by atoms with van der Waals surface area (Å²) in [7, 11) is 1.79. The number of carbonyl (C=O) groups excluding carboxylic acids is 2. The van der Waals surface area contributed by atoms with Crippen LogP contribution in [0.1, 0.15) is 33.6 Å². The zero-order valence-corrected chi connectivity index (χ0v) is 12.1. The van der Waals surface area contributed by atoms with Crippen LogP contribution < -0.4 is 10.2 Å². The van der Waals surface area contributed by atoms with Crippen LogP contribution in [0.3, 0.4) is 0 Å². The van der Waals surface area contributed by atoms with Gasteiger partial charge in [-0.2, -0.15) is 0 Å². The van der Waals surface area contributed by atoms with Gasteiger partial charge in [-0.3, -0.25) is 9.59 Å². The second-order valence-corrected chi connectivity index (χ2v) is 4.64. The molecule has 0 unspecified atom stereocenters. The molecule has 0 bridgehead atoms. The van der Waals surface area contributed by atoms with Crippen LogP contribution in [0.25, 0.3) is 0 Å². The van der Waals surface area contributed by atoms with E-state index < -0.39 is 0 Å². The summed E-state index contributed by atoms with van der Waals surface area (Å²) < 4.78 is 0. The molecule has 2 amide bonds. The van der Waals surface area contributed by atoms with Gasteiger partial charge in [0.1, 0.15) is 0 Å². The van der Waals surface area contributed by atoms with Gasteiger partial charge in [-0.25, -0.2) is 0 Å². The van der Waals surface area contributed by atoms with Gasteiger partial charge < -0.3 is 10.2 Å². The van der Waals surface area contributed by atoms with E-state index in [1.807, 2.05) is 26.0 Å². The summed E-state index contributed by atoms with van der Waals surface area (Å²) in [6.45, 7) is 5.52.